The van der Waals surface area contributed by atoms with Crippen LogP contribution in [0.5, 0.6) is 11.5 Å². The highest BCUT2D eigenvalue weighted by atomic mass is 16.5. The number of piperidine rings is 1. The lowest BCUT2D eigenvalue weighted by atomic mass is 9.75. The second-order valence-corrected chi connectivity index (χ2v) is 10.2. The summed E-state index contributed by atoms with van der Waals surface area (Å²) in [6, 6.07) is 12.9. The number of aryl methyl sites for hydroxylation is 1. The Morgan fingerprint density at radius 3 is 2.61 bits per heavy atom. The van der Waals surface area contributed by atoms with E-state index in [9.17, 15) is 9.59 Å². The Morgan fingerprint density at radius 1 is 1.00 bits per heavy atom. The van der Waals surface area contributed by atoms with Gasteiger partial charge in [-0.25, -0.2) is 0 Å². The first kappa shape index (κ1) is 25.8. The monoisotopic (exact) mass is 517 g/mol. The van der Waals surface area contributed by atoms with Gasteiger partial charge in [-0.3, -0.25) is 19.3 Å². The van der Waals surface area contributed by atoms with Crippen LogP contribution in [0.4, 0.5) is 0 Å². The maximum absolute atomic E-state index is 13.5. The van der Waals surface area contributed by atoms with Crippen LogP contribution in [0.3, 0.4) is 0 Å². The van der Waals surface area contributed by atoms with Gasteiger partial charge in [0.2, 0.25) is 0 Å². The van der Waals surface area contributed by atoms with Crippen molar-refractivity contribution < 1.29 is 19.1 Å². The predicted octanol–water partition coefficient (Wildman–Crippen LogP) is 3.82. The standard InChI is InChI=1S/C29H35N5O4/c1-32-25(10-15-31-32)28(36)33-16-5-4-11-29(22-38-23-7-6-14-30-21-23)12-17-34(18-13-29)27(35)24-8-2-3-9-26(24)37-20-19-33/h2-3,6-10,14-15,21H,4-5,11-13,16-20,22H2,1H3. The zero-order chi connectivity index (χ0) is 26.4. The third-order valence-electron chi connectivity index (χ3n) is 7.74. The van der Waals surface area contributed by atoms with Crippen LogP contribution in [0.15, 0.2) is 61.1 Å². The lowest BCUT2D eigenvalue weighted by Crippen LogP contribution is -2.45. The smallest absolute Gasteiger partial charge is 0.272 e. The summed E-state index contributed by atoms with van der Waals surface area (Å²) in [5, 5.41) is 4.16. The summed E-state index contributed by atoms with van der Waals surface area (Å²) >= 11 is 0. The van der Waals surface area contributed by atoms with E-state index in [0.29, 0.717) is 56.4 Å². The van der Waals surface area contributed by atoms with Crippen molar-refractivity contribution in [2.24, 2.45) is 12.5 Å². The van der Waals surface area contributed by atoms with Crippen molar-refractivity contribution in [3.05, 3.63) is 72.3 Å². The molecule has 200 valence electrons. The van der Waals surface area contributed by atoms with Crippen LogP contribution in [0.25, 0.3) is 0 Å². The fourth-order valence-electron chi connectivity index (χ4n) is 5.39. The average Bonchev–Trinajstić information content (AvgIpc) is 3.39. The molecule has 0 saturated carbocycles. The molecule has 3 aliphatic rings. The van der Waals surface area contributed by atoms with Crippen LogP contribution in [0.1, 0.15) is 53.0 Å². The molecule has 0 spiro atoms. The molecule has 3 aliphatic heterocycles. The molecule has 9 heteroatoms. The minimum atomic E-state index is -0.0658. The molecule has 3 aromatic rings. The van der Waals surface area contributed by atoms with Crippen LogP contribution < -0.4 is 9.47 Å². The first-order chi connectivity index (χ1) is 18.5. The number of rotatable bonds is 4. The lowest BCUT2D eigenvalue weighted by Gasteiger charge is -2.42. The summed E-state index contributed by atoms with van der Waals surface area (Å²) in [7, 11) is 1.77. The van der Waals surface area contributed by atoms with Crippen molar-refractivity contribution in [2.75, 3.05) is 39.4 Å². The van der Waals surface area contributed by atoms with Gasteiger partial charge in [-0.15, -0.1) is 0 Å². The Morgan fingerprint density at radius 2 is 1.84 bits per heavy atom. The highest BCUT2D eigenvalue weighted by molar-refractivity contribution is 5.97. The second-order valence-electron chi connectivity index (χ2n) is 10.2. The first-order valence-corrected chi connectivity index (χ1v) is 13.4. The minimum absolute atomic E-state index is 0.0138. The Balaban J connectivity index is 1.37. The van der Waals surface area contributed by atoms with Gasteiger partial charge < -0.3 is 19.3 Å². The topological polar surface area (TPSA) is 89.8 Å². The normalized spacial score (nSPS) is 18.2. The predicted molar refractivity (Wildman–Crippen MR) is 142 cm³/mol. The number of ether oxygens (including phenoxy) is 2. The maximum atomic E-state index is 13.5. The van der Waals surface area contributed by atoms with E-state index in [-0.39, 0.29) is 17.2 Å². The SMILES string of the molecule is Cn1nccc1C(=O)N1CCCCC2(COc3cccnc3)CCN(CC2)C(=O)c2ccccc2OCC1. The summed E-state index contributed by atoms with van der Waals surface area (Å²) < 4.78 is 13.9. The first-order valence-electron chi connectivity index (χ1n) is 13.4. The van der Waals surface area contributed by atoms with Crippen molar-refractivity contribution in [1.82, 2.24) is 24.6 Å². The summed E-state index contributed by atoms with van der Waals surface area (Å²) in [6.45, 7) is 3.28. The van der Waals surface area contributed by atoms with Crippen LogP contribution in [-0.2, 0) is 7.05 Å². The molecular weight excluding hydrogens is 482 g/mol. The van der Waals surface area contributed by atoms with E-state index in [1.54, 1.807) is 36.4 Å². The lowest BCUT2D eigenvalue weighted by molar-refractivity contribution is 0.0358. The summed E-state index contributed by atoms with van der Waals surface area (Å²) in [5.74, 6) is 1.23. The number of para-hydroxylation sites is 1. The van der Waals surface area contributed by atoms with E-state index < -0.39 is 0 Å². The highest BCUT2D eigenvalue weighted by Crippen LogP contribution is 2.38. The number of hydrogen-bond donors (Lipinski definition) is 0. The van der Waals surface area contributed by atoms with Gasteiger partial charge >= 0.3 is 0 Å². The molecule has 1 aromatic carbocycles. The molecule has 2 amide bonds. The molecule has 38 heavy (non-hydrogen) atoms. The minimum Gasteiger partial charge on any atom is -0.491 e. The summed E-state index contributed by atoms with van der Waals surface area (Å²) in [4.78, 5) is 34.8. The number of pyridine rings is 1. The van der Waals surface area contributed by atoms with Crippen molar-refractivity contribution in [2.45, 2.75) is 32.1 Å². The molecule has 1 fully saturated rings. The van der Waals surface area contributed by atoms with Gasteiger partial charge in [0.1, 0.15) is 23.8 Å². The number of benzene rings is 1. The second kappa shape index (κ2) is 11.7. The third-order valence-corrected chi connectivity index (χ3v) is 7.74. The molecule has 0 aliphatic carbocycles. The summed E-state index contributed by atoms with van der Waals surface area (Å²) in [5.41, 5.74) is 1.07. The number of aromatic nitrogens is 3. The zero-order valence-electron chi connectivity index (χ0n) is 21.9. The maximum Gasteiger partial charge on any atom is 0.272 e. The molecule has 5 heterocycles. The van der Waals surface area contributed by atoms with Crippen molar-refractivity contribution in [3.63, 3.8) is 0 Å². The molecule has 9 nitrogen and oxygen atoms in total. The Hall–Kier alpha value is -3.88. The van der Waals surface area contributed by atoms with Gasteiger partial charge in [0.25, 0.3) is 11.8 Å². The van der Waals surface area contributed by atoms with Gasteiger partial charge in [0.05, 0.1) is 24.9 Å². The number of carbonyl (C=O) groups excluding carboxylic acids is 2. The largest absolute Gasteiger partial charge is 0.491 e. The Kier molecular flexibility index (Phi) is 7.91. The zero-order valence-corrected chi connectivity index (χ0v) is 21.9. The molecule has 1 saturated heterocycles. The van der Waals surface area contributed by atoms with Crippen LogP contribution in [0.2, 0.25) is 0 Å². The Bertz CT molecular complexity index is 1240. The number of amides is 2. The molecule has 0 atom stereocenters. The average molecular weight is 518 g/mol. The van der Waals surface area contributed by atoms with E-state index in [2.05, 4.69) is 10.1 Å². The highest BCUT2D eigenvalue weighted by Gasteiger charge is 2.37. The van der Waals surface area contributed by atoms with Gasteiger partial charge in [0.15, 0.2) is 0 Å². The van der Waals surface area contributed by atoms with Gasteiger partial charge in [-0.05, 0) is 56.0 Å². The third kappa shape index (κ3) is 5.82. The van der Waals surface area contributed by atoms with Crippen LogP contribution >= 0.6 is 0 Å². The molecule has 2 bridgehead atoms. The number of carbonyl (C=O) groups is 2. The molecule has 0 N–H and O–H groups in total. The van der Waals surface area contributed by atoms with E-state index in [4.69, 9.17) is 9.47 Å². The fourth-order valence-corrected chi connectivity index (χ4v) is 5.39. The van der Waals surface area contributed by atoms with Gasteiger partial charge in [0, 0.05) is 44.5 Å². The quantitative estimate of drug-likeness (QED) is 0.523. The van der Waals surface area contributed by atoms with E-state index in [1.165, 1.54) is 0 Å². The van der Waals surface area contributed by atoms with E-state index >= 15 is 0 Å². The number of fused-ring (bicyclic) bond motifs is 9. The fraction of sp³-hybridized carbons (Fsp3) is 0.448. The van der Waals surface area contributed by atoms with Crippen LogP contribution in [-0.4, -0.2) is 75.8 Å². The van der Waals surface area contributed by atoms with Crippen molar-refractivity contribution >= 4 is 11.8 Å². The van der Waals surface area contributed by atoms with Gasteiger partial charge in [-0.2, -0.15) is 5.10 Å². The van der Waals surface area contributed by atoms with E-state index in [1.807, 2.05) is 46.2 Å². The number of nitrogens with zero attached hydrogens (tertiary/aromatic N) is 5. The van der Waals surface area contributed by atoms with E-state index in [0.717, 1.165) is 37.9 Å². The summed E-state index contributed by atoms with van der Waals surface area (Å²) in [6.07, 6.45) is 9.63. The van der Waals surface area contributed by atoms with Gasteiger partial charge in [-0.1, -0.05) is 18.6 Å². The molecule has 0 radical (unpaired) electrons. The molecule has 6 rings (SSSR count). The number of hydrogen-bond acceptors (Lipinski definition) is 6. The molecule has 0 unspecified atom stereocenters. The molecular formula is C29H35N5O4. The van der Waals surface area contributed by atoms with Crippen molar-refractivity contribution in [1.29, 1.82) is 0 Å². The Labute approximate surface area is 223 Å². The molecule has 2 aromatic heterocycles. The van der Waals surface area contributed by atoms with Crippen LogP contribution in [0, 0.1) is 5.41 Å². The van der Waals surface area contributed by atoms with Crippen molar-refractivity contribution in [3.8, 4) is 11.5 Å².